The highest BCUT2D eigenvalue weighted by atomic mass is 16.4. The molecule has 2 aliphatic rings. The van der Waals surface area contributed by atoms with E-state index in [1.807, 2.05) is 25.6 Å². The topological polar surface area (TPSA) is 93.5 Å². The molecule has 1 spiro atoms. The number of hydrogen-bond donors (Lipinski definition) is 2. The Morgan fingerprint density at radius 2 is 1.79 bits per heavy atom. The number of nitrogens with zero attached hydrogens (tertiary/aromatic N) is 6. The van der Waals surface area contributed by atoms with Crippen molar-refractivity contribution in [1.82, 2.24) is 34.2 Å². The van der Waals surface area contributed by atoms with Crippen molar-refractivity contribution in [3.63, 3.8) is 0 Å². The molecule has 1 aromatic carbocycles. The van der Waals surface area contributed by atoms with Gasteiger partial charge in [-0.1, -0.05) is 52.0 Å². The summed E-state index contributed by atoms with van der Waals surface area (Å²) in [5.74, 6) is 1.26. The summed E-state index contributed by atoms with van der Waals surface area (Å²) in [6.07, 6.45) is 11.4. The number of carboxylic acids is 1. The number of aryl methyl sites for hydroxylation is 1. The molecular formula is C33H49N7O2. The molecule has 2 atom stereocenters. The van der Waals surface area contributed by atoms with Crippen molar-refractivity contribution in [2.24, 2.45) is 17.9 Å². The predicted molar refractivity (Wildman–Crippen MR) is 164 cm³/mol. The maximum atomic E-state index is 12.5. The quantitative estimate of drug-likeness (QED) is 0.336. The number of likely N-dealkylation sites (tertiary alicyclic amines) is 2. The van der Waals surface area contributed by atoms with Gasteiger partial charge in [0.05, 0.1) is 13.1 Å². The Morgan fingerprint density at radius 3 is 2.36 bits per heavy atom. The van der Waals surface area contributed by atoms with E-state index < -0.39 is 12.0 Å². The number of carbonyl (C=O) groups is 1. The highest BCUT2D eigenvalue weighted by molar-refractivity contribution is 5.74. The third-order valence-electron chi connectivity index (χ3n) is 9.34. The maximum absolute atomic E-state index is 12.5. The number of hydrogen-bond acceptors (Lipinski definition) is 6. The van der Waals surface area contributed by atoms with Gasteiger partial charge in [0.1, 0.15) is 17.7 Å². The van der Waals surface area contributed by atoms with Crippen molar-refractivity contribution < 1.29 is 9.90 Å². The Bertz CT molecular complexity index is 1290. The van der Waals surface area contributed by atoms with Gasteiger partial charge in [-0.25, -0.2) is 9.97 Å². The summed E-state index contributed by atoms with van der Waals surface area (Å²) in [6, 6.07) is 8.61. The number of piperidine rings is 1. The first kappa shape index (κ1) is 30.4. The number of aliphatic carboxylic acids is 1. The van der Waals surface area contributed by atoms with E-state index in [1.54, 1.807) is 6.20 Å². The van der Waals surface area contributed by atoms with Crippen LogP contribution >= 0.6 is 0 Å². The zero-order valence-electron chi connectivity index (χ0n) is 26.1. The molecule has 0 saturated carbocycles. The van der Waals surface area contributed by atoms with E-state index in [1.165, 1.54) is 11.1 Å². The molecular weight excluding hydrogens is 526 g/mol. The lowest BCUT2D eigenvalue weighted by atomic mass is 9.70. The van der Waals surface area contributed by atoms with E-state index in [9.17, 15) is 9.90 Å². The molecule has 3 aromatic rings. The monoisotopic (exact) mass is 575 g/mol. The number of benzene rings is 1. The molecule has 4 heterocycles. The van der Waals surface area contributed by atoms with E-state index in [-0.39, 0.29) is 16.9 Å². The molecule has 9 heteroatoms. The SMILES string of the molecule is CCC1N(Cc2ccc(CN(Cc3ncc[nH]3)Cc3nccn3C)cc2)[C@@H](C(=O)O)CC12CCN(CC(C)(C)C)CC2. The molecule has 2 fully saturated rings. The van der Waals surface area contributed by atoms with Crippen LogP contribution < -0.4 is 0 Å². The highest BCUT2D eigenvalue weighted by Crippen LogP contribution is 2.50. The van der Waals surface area contributed by atoms with Gasteiger partial charge in [0.2, 0.25) is 0 Å². The number of imidazole rings is 2. The Labute approximate surface area is 251 Å². The van der Waals surface area contributed by atoms with Crippen LogP contribution in [0.2, 0.25) is 0 Å². The van der Waals surface area contributed by atoms with Gasteiger partial charge in [-0.3, -0.25) is 14.6 Å². The van der Waals surface area contributed by atoms with Crippen LogP contribution in [-0.2, 0) is 38.0 Å². The Morgan fingerprint density at radius 1 is 1.07 bits per heavy atom. The predicted octanol–water partition coefficient (Wildman–Crippen LogP) is 4.91. The number of H-pyrrole nitrogens is 1. The second-order valence-electron chi connectivity index (χ2n) is 13.8. The minimum absolute atomic E-state index is 0.0868. The van der Waals surface area contributed by atoms with Gasteiger partial charge in [0, 0.05) is 57.5 Å². The minimum Gasteiger partial charge on any atom is -0.480 e. The van der Waals surface area contributed by atoms with Gasteiger partial charge in [0.15, 0.2) is 0 Å². The number of aromatic nitrogens is 4. The van der Waals surface area contributed by atoms with Gasteiger partial charge in [-0.05, 0) is 60.7 Å². The zero-order chi connectivity index (χ0) is 29.9. The van der Waals surface area contributed by atoms with Crippen LogP contribution in [0.25, 0.3) is 0 Å². The Hall–Kier alpha value is -3.01. The van der Waals surface area contributed by atoms with Crippen molar-refractivity contribution in [3.8, 4) is 0 Å². The molecule has 228 valence electrons. The summed E-state index contributed by atoms with van der Waals surface area (Å²) in [7, 11) is 2.02. The molecule has 0 amide bonds. The minimum atomic E-state index is -0.679. The van der Waals surface area contributed by atoms with Crippen LogP contribution in [0, 0.1) is 10.8 Å². The van der Waals surface area contributed by atoms with Gasteiger partial charge < -0.3 is 19.6 Å². The van der Waals surface area contributed by atoms with E-state index in [2.05, 4.69) is 86.2 Å². The fourth-order valence-corrected chi connectivity index (χ4v) is 7.42. The van der Waals surface area contributed by atoms with Crippen molar-refractivity contribution in [3.05, 3.63) is 71.8 Å². The van der Waals surface area contributed by atoms with Crippen molar-refractivity contribution in [1.29, 1.82) is 0 Å². The first-order chi connectivity index (χ1) is 20.0. The van der Waals surface area contributed by atoms with Crippen LogP contribution in [-0.4, -0.2) is 77.0 Å². The molecule has 2 N–H and O–H groups in total. The van der Waals surface area contributed by atoms with Crippen molar-refractivity contribution in [2.75, 3.05) is 19.6 Å². The van der Waals surface area contributed by atoms with Crippen molar-refractivity contribution >= 4 is 5.97 Å². The van der Waals surface area contributed by atoms with Crippen LogP contribution in [0.15, 0.2) is 49.1 Å². The van der Waals surface area contributed by atoms with Gasteiger partial charge in [-0.15, -0.1) is 0 Å². The molecule has 42 heavy (non-hydrogen) atoms. The molecule has 0 bridgehead atoms. The lowest BCUT2D eigenvalue weighted by Crippen LogP contribution is -2.48. The van der Waals surface area contributed by atoms with Gasteiger partial charge in [-0.2, -0.15) is 0 Å². The van der Waals surface area contributed by atoms with E-state index in [0.29, 0.717) is 19.6 Å². The standard InChI is InChI=1S/C33H49N7O2/c1-6-28-33(11-16-38(17-12-33)24-32(2,3)4)19-27(31(41)42)40(28)21-26-9-7-25(8-10-26)20-39(22-29-34-13-14-35-29)23-30-36-15-18-37(30)5/h7-10,13-15,18,27-28H,6,11-12,16-17,19-24H2,1-5H3,(H,34,35)(H,41,42)/t27-,28?/m1/s1. The van der Waals surface area contributed by atoms with E-state index in [0.717, 1.165) is 63.5 Å². The first-order valence-corrected chi connectivity index (χ1v) is 15.5. The van der Waals surface area contributed by atoms with Crippen LogP contribution in [0.1, 0.15) is 76.2 Å². The molecule has 2 saturated heterocycles. The first-order valence-electron chi connectivity index (χ1n) is 15.5. The average molecular weight is 576 g/mol. The summed E-state index contributed by atoms with van der Waals surface area (Å²) in [5.41, 5.74) is 2.75. The molecule has 9 nitrogen and oxygen atoms in total. The second-order valence-corrected chi connectivity index (χ2v) is 13.8. The fourth-order valence-electron chi connectivity index (χ4n) is 7.42. The molecule has 1 unspecified atom stereocenters. The lowest BCUT2D eigenvalue weighted by molar-refractivity contribution is -0.142. The summed E-state index contributed by atoms with van der Waals surface area (Å²) >= 11 is 0. The third-order valence-corrected chi connectivity index (χ3v) is 9.34. The largest absolute Gasteiger partial charge is 0.480 e. The summed E-state index contributed by atoms with van der Waals surface area (Å²) in [6.45, 7) is 15.2. The lowest BCUT2D eigenvalue weighted by Gasteiger charge is -2.45. The molecule has 2 aliphatic heterocycles. The zero-order valence-corrected chi connectivity index (χ0v) is 26.1. The fraction of sp³-hybridized carbons (Fsp3) is 0.606. The Kier molecular flexibility index (Phi) is 9.20. The Balaban J connectivity index is 1.27. The average Bonchev–Trinajstić information content (AvgIpc) is 3.66. The number of carboxylic acid groups (broad SMARTS) is 1. The molecule has 5 rings (SSSR count). The van der Waals surface area contributed by atoms with Crippen LogP contribution in [0.3, 0.4) is 0 Å². The van der Waals surface area contributed by atoms with Gasteiger partial charge >= 0.3 is 5.97 Å². The van der Waals surface area contributed by atoms with Crippen LogP contribution in [0.4, 0.5) is 0 Å². The van der Waals surface area contributed by atoms with Crippen molar-refractivity contribution in [2.45, 2.75) is 91.6 Å². The second kappa shape index (κ2) is 12.7. The normalized spacial score (nSPS) is 21.5. The van der Waals surface area contributed by atoms with Crippen LogP contribution in [0.5, 0.6) is 0 Å². The number of rotatable bonds is 11. The van der Waals surface area contributed by atoms with E-state index >= 15 is 0 Å². The smallest absolute Gasteiger partial charge is 0.320 e. The molecule has 0 aliphatic carbocycles. The highest BCUT2D eigenvalue weighted by Gasteiger charge is 2.54. The number of aromatic amines is 1. The summed E-state index contributed by atoms with van der Waals surface area (Å²) < 4.78 is 2.05. The number of nitrogens with one attached hydrogen (secondary N) is 1. The third kappa shape index (κ3) is 7.13. The molecule has 0 radical (unpaired) electrons. The van der Waals surface area contributed by atoms with Gasteiger partial charge in [0.25, 0.3) is 0 Å². The van der Waals surface area contributed by atoms with E-state index in [4.69, 9.17) is 0 Å². The maximum Gasteiger partial charge on any atom is 0.320 e. The molecule has 2 aromatic heterocycles. The summed E-state index contributed by atoms with van der Waals surface area (Å²) in [5, 5.41) is 10.3. The summed E-state index contributed by atoms with van der Waals surface area (Å²) in [4.78, 5) is 31.9.